The van der Waals surface area contributed by atoms with Crippen LogP contribution in [0.4, 0.5) is 0 Å². The Morgan fingerprint density at radius 1 is 1.60 bits per heavy atom. The molecule has 1 aliphatic carbocycles. The van der Waals surface area contributed by atoms with Crippen LogP contribution in [0.5, 0.6) is 0 Å². The van der Waals surface area contributed by atoms with Crippen LogP contribution in [-0.4, -0.2) is 0 Å². The molecule has 0 saturated heterocycles. The quantitative estimate of drug-likeness (QED) is 0.557. The van der Waals surface area contributed by atoms with E-state index in [2.05, 4.69) is 32.1 Å². The molecule has 0 aromatic carbocycles. The van der Waals surface area contributed by atoms with E-state index in [-0.39, 0.29) is 0 Å². The third kappa shape index (κ3) is 2.02. The van der Waals surface area contributed by atoms with Crippen molar-refractivity contribution in [2.45, 2.75) is 33.1 Å². The Balaban J connectivity index is 2.30. The molecule has 0 saturated carbocycles. The van der Waals surface area contributed by atoms with Crippen LogP contribution in [0.2, 0.25) is 0 Å². The summed E-state index contributed by atoms with van der Waals surface area (Å²) in [6.07, 6.45) is 11.6. The predicted octanol–water partition coefficient (Wildman–Crippen LogP) is 3.11. The van der Waals surface area contributed by atoms with Gasteiger partial charge in [-0.25, -0.2) is 0 Å². The monoisotopic (exact) mass is 135 g/mol. The molecule has 1 radical (unpaired) electrons. The van der Waals surface area contributed by atoms with Gasteiger partial charge in [0.2, 0.25) is 0 Å². The van der Waals surface area contributed by atoms with Crippen LogP contribution in [-0.2, 0) is 0 Å². The summed E-state index contributed by atoms with van der Waals surface area (Å²) >= 11 is 0. The second-order valence-electron chi connectivity index (χ2n) is 2.92. The van der Waals surface area contributed by atoms with Crippen LogP contribution in [0.15, 0.2) is 17.7 Å². The summed E-state index contributed by atoms with van der Waals surface area (Å²) in [4.78, 5) is 0. The van der Waals surface area contributed by atoms with Gasteiger partial charge in [-0.3, -0.25) is 0 Å². The lowest BCUT2D eigenvalue weighted by Crippen LogP contribution is -1.79. The molecule has 0 bridgehead atoms. The molecule has 1 aliphatic rings. The fourth-order valence-corrected chi connectivity index (χ4v) is 1.17. The van der Waals surface area contributed by atoms with Gasteiger partial charge in [0.15, 0.2) is 0 Å². The predicted molar refractivity (Wildman–Crippen MR) is 44.6 cm³/mol. The first-order valence-corrected chi connectivity index (χ1v) is 4.13. The minimum Gasteiger partial charge on any atom is -0.0770 e. The molecule has 10 heavy (non-hydrogen) atoms. The van der Waals surface area contributed by atoms with Crippen molar-refractivity contribution in [3.63, 3.8) is 0 Å². The number of rotatable bonds is 3. The van der Waals surface area contributed by atoms with Crippen molar-refractivity contribution in [2.24, 2.45) is 5.92 Å². The second-order valence-corrected chi connectivity index (χ2v) is 2.92. The van der Waals surface area contributed by atoms with Crippen LogP contribution in [0.3, 0.4) is 0 Å². The minimum absolute atomic E-state index is 0.562. The highest BCUT2D eigenvalue weighted by Gasteiger charge is 2.03. The Morgan fingerprint density at radius 2 is 2.40 bits per heavy atom. The van der Waals surface area contributed by atoms with E-state index in [4.69, 9.17) is 0 Å². The van der Waals surface area contributed by atoms with Gasteiger partial charge in [-0.2, -0.15) is 0 Å². The minimum atomic E-state index is 0.562. The molecule has 0 fully saturated rings. The highest BCUT2D eigenvalue weighted by atomic mass is 14.1. The van der Waals surface area contributed by atoms with E-state index >= 15 is 0 Å². The average molecular weight is 135 g/mol. The van der Waals surface area contributed by atoms with Crippen molar-refractivity contribution in [3.05, 3.63) is 23.8 Å². The SMILES string of the molecule is CCCCC1=[C]C(C)C=C1. The molecular formula is C10H15. The van der Waals surface area contributed by atoms with Crippen LogP contribution < -0.4 is 0 Å². The molecule has 0 aromatic heterocycles. The summed E-state index contributed by atoms with van der Waals surface area (Å²) < 4.78 is 0. The zero-order valence-corrected chi connectivity index (χ0v) is 6.85. The van der Waals surface area contributed by atoms with Crippen LogP contribution in [0.1, 0.15) is 33.1 Å². The van der Waals surface area contributed by atoms with E-state index in [1.165, 1.54) is 24.8 Å². The molecule has 0 spiro atoms. The first-order chi connectivity index (χ1) is 4.83. The molecule has 0 aliphatic heterocycles. The normalized spacial score (nSPS) is 23.4. The first kappa shape index (κ1) is 7.59. The smallest absolute Gasteiger partial charge is 0.000144 e. The summed E-state index contributed by atoms with van der Waals surface area (Å²) in [6, 6.07) is 0. The van der Waals surface area contributed by atoms with Crippen LogP contribution >= 0.6 is 0 Å². The number of hydrogen-bond donors (Lipinski definition) is 0. The van der Waals surface area contributed by atoms with Gasteiger partial charge in [-0.15, -0.1) is 0 Å². The van der Waals surface area contributed by atoms with E-state index < -0.39 is 0 Å². The van der Waals surface area contributed by atoms with Gasteiger partial charge in [-0.1, -0.05) is 32.4 Å². The Morgan fingerprint density at radius 3 is 2.90 bits per heavy atom. The topological polar surface area (TPSA) is 0 Å². The molecule has 1 unspecified atom stereocenters. The number of allylic oxidation sites excluding steroid dienone is 4. The highest BCUT2D eigenvalue weighted by molar-refractivity contribution is 5.24. The van der Waals surface area contributed by atoms with Gasteiger partial charge in [0.1, 0.15) is 0 Å². The van der Waals surface area contributed by atoms with Crippen LogP contribution in [0, 0.1) is 12.0 Å². The largest absolute Gasteiger partial charge is 0.0770 e. The lowest BCUT2D eigenvalue weighted by molar-refractivity contribution is 0.791. The van der Waals surface area contributed by atoms with Crippen molar-refractivity contribution >= 4 is 0 Å². The molecule has 1 rings (SSSR count). The van der Waals surface area contributed by atoms with Gasteiger partial charge in [0, 0.05) is 0 Å². The summed E-state index contributed by atoms with van der Waals surface area (Å²) in [5, 5.41) is 0. The fourth-order valence-electron chi connectivity index (χ4n) is 1.17. The van der Waals surface area contributed by atoms with Crippen molar-refractivity contribution in [3.8, 4) is 0 Å². The third-order valence-corrected chi connectivity index (χ3v) is 1.80. The van der Waals surface area contributed by atoms with E-state index in [1.54, 1.807) is 0 Å². The Bertz CT molecular complexity index is 151. The lowest BCUT2D eigenvalue weighted by Gasteiger charge is -1.94. The molecule has 0 heterocycles. The first-order valence-electron chi connectivity index (χ1n) is 4.13. The maximum absolute atomic E-state index is 3.39. The standard InChI is InChI=1S/C10H15/c1-3-4-5-10-7-6-9(2)8-10/h6-7,9H,3-5H2,1-2H3. The van der Waals surface area contributed by atoms with Gasteiger partial charge in [0.25, 0.3) is 0 Å². The summed E-state index contributed by atoms with van der Waals surface area (Å²) in [5.41, 5.74) is 1.41. The molecule has 55 valence electrons. The molecule has 0 N–H and O–H groups in total. The summed E-state index contributed by atoms with van der Waals surface area (Å²) in [7, 11) is 0. The third-order valence-electron chi connectivity index (χ3n) is 1.80. The van der Waals surface area contributed by atoms with Crippen molar-refractivity contribution in [1.29, 1.82) is 0 Å². The van der Waals surface area contributed by atoms with Crippen molar-refractivity contribution in [2.75, 3.05) is 0 Å². The van der Waals surface area contributed by atoms with E-state index in [1.807, 2.05) is 0 Å². The van der Waals surface area contributed by atoms with E-state index in [9.17, 15) is 0 Å². The lowest BCUT2D eigenvalue weighted by atomic mass is 10.1. The van der Waals surface area contributed by atoms with E-state index in [0.717, 1.165) is 0 Å². The van der Waals surface area contributed by atoms with Gasteiger partial charge < -0.3 is 0 Å². The number of unbranched alkanes of at least 4 members (excludes halogenated alkanes) is 1. The maximum atomic E-state index is 3.39. The molecule has 0 aromatic rings. The Labute approximate surface area is 63.6 Å². The molecule has 0 amide bonds. The maximum Gasteiger partial charge on any atom is -0.000144 e. The summed E-state index contributed by atoms with van der Waals surface area (Å²) in [6.45, 7) is 4.40. The molecule has 0 nitrogen and oxygen atoms in total. The van der Waals surface area contributed by atoms with Gasteiger partial charge in [-0.05, 0) is 30.4 Å². The zero-order valence-electron chi connectivity index (χ0n) is 6.85. The van der Waals surface area contributed by atoms with E-state index in [0.29, 0.717) is 5.92 Å². The van der Waals surface area contributed by atoms with Crippen molar-refractivity contribution < 1.29 is 0 Å². The van der Waals surface area contributed by atoms with Gasteiger partial charge >= 0.3 is 0 Å². The molecule has 1 atom stereocenters. The number of hydrogen-bond acceptors (Lipinski definition) is 0. The summed E-state index contributed by atoms with van der Waals surface area (Å²) in [5.74, 6) is 0.562. The highest BCUT2D eigenvalue weighted by Crippen LogP contribution is 2.18. The second kappa shape index (κ2) is 3.60. The fraction of sp³-hybridized carbons (Fsp3) is 0.600. The Hall–Kier alpha value is -0.520. The van der Waals surface area contributed by atoms with Crippen LogP contribution in [0.25, 0.3) is 0 Å². The molecular weight excluding hydrogens is 120 g/mol. The zero-order chi connectivity index (χ0) is 7.40. The van der Waals surface area contributed by atoms with Gasteiger partial charge in [0.05, 0.1) is 0 Å². The average Bonchev–Trinajstić information content (AvgIpc) is 2.31. The molecule has 0 heteroatoms. The Kier molecular flexibility index (Phi) is 2.73. The van der Waals surface area contributed by atoms with Crippen molar-refractivity contribution in [1.82, 2.24) is 0 Å².